The summed E-state index contributed by atoms with van der Waals surface area (Å²) in [4.78, 5) is 30.3. The minimum absolute atomic E-state index is 0.117. The molecule has 1 aliphatic rings. The monoisotopic (exact) mass is 714 g/mol. The Bertz CT molecular complexity index is 1350. The summed E-state index contributed by atoms with van der Waals surface area (Å²) in [5.41, 5.74) is 2.03. The highest BCUT2D eigenvalue weighted by Gasteiger charge is 2.30. The lowest BCUT2D eigenvalue weighted by Crippen LogP contribution is -2.23. The van der Waals surface area contributed by atoms with Gasteiger partial charge in [0.05, 0.1) is 23.3 Å². The molecule has 35 heavy (non-hydrogen) atoms. The number of thioether (sulfide) groups is 1. The number of aliphatic imine (C=N–C) groups is 1. The number of rotatable bonds is 6. The van der Waals surface area contributed by atoms with Gasteiger partial charge in [-0.15, -0.1) is 0 Å². The molecule has 3 aromatic rings. The molecule has 4 rings (SSSR count). The average Bonchev–Trinajstić information content (AvgIpc) is 3.07. The van der Waals surface area contributed by atoms with Gasteiger partial charge in [0, 0.05) is 12.6 Å². The molecule has 178 valence electrons. The molecule has 3 aromatic carbocycles. The summed E-state index contributed by atoms with van der Waals surface area (Å²) < 4.78 is 21.5. The molecule has 0 aliphatic carbocycles. The smallest absolute Gasteiger partial charge is 0.335 e. The largest absolute Gasteiger partial charge is 0.487 e. The first-order chi connectivity index (χ1) is 16.7. The van der Waals surface area contributed by atoms with E-state index in [2.05, 4.69) is 50.2 Å². The van der Waals surface area contributed by atoms with Gasteiger partial charge in [0.1, 0.15) is 18.2 Å². The number of halogens is 3. The molecule has 0 radical (unpaired) electrons. The first-order valence-corrected chi connectivity index (χ1v) is 13.1. The number of carbonyl (C=O) groups excluding carboxylic acids is 1. The third-order valence-corrected chi connectivity index (χ3v) is 7.65. The second-order valence-electron chi connectivity index (χ2n) is 7.41. The SMILES string of the molecule is CN1C(=O)/C(=C/c2cc(I)c(OCc3ccccc3F)c(I)c2)SC1=Nc1ccc(C(=O)O)cc1. The van der Waals surface area contributed by atoms with Crippen LogP contribution >= 0.6 is 56.9 Å². The van der Waals surface area contributed by atoms with Gasteiger partial charge in [-0.05, 0) is 111 Å². The Morgan fingerprint density at radius 2 is 1.80 bits per heavy atom. The molecule has 0 aromatic heterocycles. The summed E-state index contributed by atoms with van der Waals surface area (Å²) >= 11 is 5.57. The Balaban J connectivity index is 1.53. The first kappa shape index (κ1) is 25.6. The fraction of sp³-hybridized carbons (Fsp3) is 0.0800. The van der Waals surface area contributed by atoms with Crippen molar-refractivity contribution < 1.29 is 23.8 Å². The van der Waals surface area contributed by atoms with Crippen molar-refractivity contribution in [3.63, 3.8) is 0 Å². The van der Waals surface area contributed by atoms with Crippen molar-refractivity contribution in [2.75, 3.05) is 7.05 Å². The van der Waals surface area contributed by atoms with E-state index >= 15 is 0 Å². The summed E-state index contributed by atoms with van der Waals surface area (Å²) in [7, 11) is 1.65. The molecule has 1 saturated heterocycles. The predicted molar refractivity (Wildman–Crippen MR) is 151 cm³/mol. The van der Waals surface area contributed by atoms with Crippen molar-refractivity contribution in [1.29, 1.82) is 0 Å². The molecule has 1 N–H and O–H groups in total. The van der Waals surface area contributed by atoms with Crippen LogP contribution in [0, 0.1) is 13.0 Å². The Labute approximate surface area is 232 Å². The maximum Gasteiger partial charge on any atom is 0.335 e. The van der Waals surface area contributed by atoms with E-state index in [9.17, 15) is 14.0 Å². The molecule has 0 bridgehead atoms. The molecule has 0 unspecified atom stereocenters. The van der Waals surface area contributed by atoms with Crippen molar-refractivity contribution in [2.45, 2.75) is 6.61 Å². The molecule has 1 fully saturated rings. The minimum atomic E-state index is -1.01. The van der Waals surface area contributed by atoms with Crippen LogP contribution in [-0.4, -0.2) is 34.1 Å². The zero-order chi connectivity index (χ0) is 25.1. The van der Waals surface area contributed by atoms with E-state index in [1.165, 1.54) is 34.9 Å². The Morgan fingerprint density at radius 3 is 2.43 bits per heavy atom. The fourth-order valence-corrected chi connectivity index (χ4v) is 6.27. The maximum absolute atomic E-state index is 13.9. The third kappa shape index (κ3) is 6.04. The van der Waals surface area contributed by atoms with Gasteiger partial charge in [0.2, 0.25) is 0 Å². The number of ether oxygens (including phenoxy) is 1. The maximum atomic E-state index is 13.9. The minimum Gasteiger partial charge on any atom is -0.487 e. The summed E-state index contributed by atoms with van der Waals surface area (Å²) in [6, 6.07) is 16.4. The number of carboxylic acids is 1. The molecule has 1 heterocycles. The number of amides is 1. The second-order valence-corrected chi connectivity index (χ2v) is 10.7. The third-order valence-electron chi connectivity index (χ3n) is 4.99. The highest BCUT2D eigenvalue weighted by Crippen LogP contribution is 2.35. The van der Waals surface area contributed by atoms with Gasteiger partial charge >= 0.3 is 5.97 Å². The van der Waals surface area contributed by atoms with E-state index in [0.717, 1.165) is 12.7 Å². The molecule has 0 atom stereocenters. The first-order valence-electron chi connectivity index (χ1n) is 10.2. The summed E-state index contributed by atoms with van der Waals surface area (Å²) in [5, 5.41) is 9.54. The lowest BCUT2D eigenvalue weighted by Gasteiger charge is -2.12. The quantitative estimate of drug-likeness (QED) is 0.232. The molecular formula is C25H17FI2N2O4S. The van der Waals surface area contributed by atoms with Crippen molar-refractivity contribution in [1.82, 2.24) is 4.90 Å². The Hall–Kier alpha value is -2.45. The van der Waals surface area contributed by atoms with Crippen LogP contribution in [0.25, 0.3) is 6.08 Å². The number of likely N-dealkylation sites (N-methyl/N-ethyl adjacent to an activating group) is 1. The van der Waals surface area contributed by atoms with Gasteiger partial charge in [-0.25, -0.2) is 14.2 Å². The number of amidine groups is 1. The van der Waals surface area contributed by atoms with Crippen LogP contribution in [0.3, 0.4) is 0 Å². The fourth-order valence-electron chi connectivity index (χ4n) is 3.16. The van der Waals surface area contributed by atoms with Gasteiger partial charge < -0.3 is 9.84 Å². The van der Waals surface area contributed by atoms with Crippen LogP contribution in [-0.2, 0) is 11.4 Å². The molecule has 0 spiro atoms. The average molecular weight is 714 g/mol. The van der Waals surface area contributed by atoms with Crippen LogP contribution in [0.4, 0.5) is 10.1 Å². The highest BCUT2D eigenvalue weighted by atomic mass is 127. The number of hydrogen-bond acceptors (Lipinski definition) is 5. The lowest BCUT2D eigenvalue weighted by atomic mass is 10.2. The van der Waals surface area contributed by atoms with Crippen LogP contribution in [0.2, 0.25) is 0 Å². The standard InChI is InChI=1S/C25H17FI2N2O4S/c1-30-23(31)21(35-25(30)29-17-8-6-15(7-9-17)24(32)33)12-14-10-19(27)22(20(28)11-14)34-13-16-4-2-3-5-18(16)26/h2-12H,13H2,1H3,(H,32,33)/b21-12-,29-25?. The molecule has 6 nitrogen and oxygen atoms in total. The zero-order valence-corrected chi connectivity index (χ0v) is 23.3. The van der Waals surface area contributed by atoms with E-state index < -0.39 is 5.97 Å². The van der Waals surface area contributed by atoms with Crippen LogP contribution in [0.1, 0.15) is 21.5 Å². The second kappa shape index (κ2) is 11.1. The van der Waals surface area contributed by atoms with Crippen LogP contribution in [0.5, 0.6) is 5.75 Å². The number of benzene rings is 3. The number of carboxylic acid groups (broad SMARTS) is 1. The normalized spacial score (nSPS) is 15.8. The van der Waals surface area contributed by atoms with E-state index in [0.29, 0.717) is 27.1 Å². The van der Waals surface area contributed by atoms with Crippen molar-refractivity contribution in [3.8, 4) is 5.75 Å². The number of nitrogens with zero attached hydrogens (tertiary/aromatic N) is 2. The molecule has 0 saturated carbocycles. The summed E-state index contributed by atoms with van der Waals surface area (Å²) in [6.07, 6.45) is 1.80. The van der Waals surface area contributed by atoms with Gasteiger partial charge in [-0.3, -0.25) is 9.69 Å². The van der Waals surface area contributed by atoms with Crippen molar-refractivity contribution >= 4 is 85.8 Å². The summed E-state index contributed by atoms with van der Waals surface area (Å²) in [6.45, 7) is 0.117. The molecule has 10 heteroatoms. The topological polar surface area (TPSA) is 79.2 Å². The number of aromatic carboxylic acids is 1. The van der Waals surface area contributed by atoms with E-state index in [1.54, 1.807) is 43.5 Å². The van der Waals surface area contributed by atoms with Crippen LogP contribution in [0.15, 0.2) is 70.6 Å². The Kier molecular flexibility index (Phi) is 8.12. The van der Waals surface area contributed by atoms with E-state index in [-0.39, 0.29) is 23.9 Å². The number of hydrogen-bond donors (Lipinski definition) is 1. The lowest BCUT2D eigenvalue weighted by molar-refractivity contribution is -0.121. The van der Waals surface area contributed by atoms with Gasteiger partial charge in [0.25, 0.3) is 5.91 Å². The van der Waals surface area contributed by atoms with Gasteiger partial charge in [-0.2, -0.15) is 0 Å². The molecular weight excluding hydrogens is 697 g/mol. The van der Waals surface area contributed by atoms with Gasteiger partial charge in [0.15, 0.2) is 5.17 Å². The summed E-state index contributed by atoms with van der Waals surface area (Å²) in [5.74, 6) is -0.841. The predicted octanol–water partition coefficient (Wildman–Crippen LogP) is 6.55. The van der Waals surface area contributed by atoms with Crippen molar-refractivity contribution in [3.05, 3.63) is 95.2 Å². The molecule has 1 aliphatic heterocycles. The molecule has 1 amide bonds. The van der Waals surface area contributed by atoms with E-state index in [4.69, 9.17) is 9.84 Å². The van der Waals surface area contributed by atoms with Crippen molar-refractivity contribution in [2.24, 2.45) is 4.99 Å². The van der Waals surface area contributed by atoms with Crippen LogP contribution < -0.4 is 4.74 Å². The number of carbonyl (C=O) groups is 2. The van der Waals surface area contributed by atoms with Gasteiger partial charge in [-0.1, -0.05) is 18.2 Å². The zero-order valence-electron chi connectivity index (χ0n) is 18.2. The highest BCUT2D eigenvalue weighted by molar-refractivity contribution is 14.1. The van der Waals surface area contributed by atoms with E-state index in [1.807, 2.05) is 12.1 Å². The Morgan fingerprint density at radius 1 is 1.14 bits per heavy atom.